The van der Waals surface area contributed by atoms with Gasteiger partial charge in [0.1, 0.15) is 5.82 Å². The highest BCUT2D eigenvalue weighted by Gasteiger charge is 2.24. The lowest BCUT2D eigenvalue weighted by Gasteiger charge is -2.19. The second-order valence-corrected chi connectivity index (χ2v) is 6.38. The van der Waals surface area contributed by atoms with E-state index >= 15 is 0 Å². The van der Waals surface area contributed by atoms with E-state index in [1.165, 1.54) is 48.5 Å². The smallest absolute Gasteiger partial charge is 0.140 e. The monoisotopic (exact) mass is 281 g/mol. The van der Waals surface area contributed by atoms with Crippen LogP contribution in [0.15, 0.2) is 30.3 Å². The van der Waals surface area contributed by atoms with E-state index in [4.69, 9.17) is 4.98 Å². The first-order valence-electron chi connectivity index (χ1n) is 8.26. The van der Waals surface area contributed by atoms with Gasteiger partial charge < -0.3 is 9.88 Å². The van der Waals surface area contributed by atoms with Gasteiger partial charge in [0.2, 0.25) is 0 Å². The second kappa shape index (κ2) is 5.64. The Morgan fingerprint density at radius 2 is 1.95 bits per heavy atom. The maximum absolute atomic E-state index is 4.96. The first-order valence-corrected chi connectivity index (χ1v) is 8.26. The standard InChI is InChI=1S/C18H23N3/c1-2-8-15(9-3-1)18-20-16-12-19-11-10-17(16)21(18)13-14-6-4-5-7-14/h1-3,8-9,14,19H,4-7,10-13H2. The van der Waals surface area contributed by atoms with Gasteiger partial charge in [-0.1, -0.05) is 43.2 Å². The summed E-state index contributed by atoms with van der Waals surface area (Å²) in [6.45, 7) is 3.16. The van der Waals surface area contributed by atoms with Crippen LogP contribution in [0.3, 0.4) is 0 Å². The van der Waals surface area contributed by atoms with E-state index in [2.05, 4.69) is 40.2 Å². The summed E-state index contributed by atoms with van der Waals surface area (Å²) >= 11 is 0. The summed E-state index contributed by atoms with van der Waals surface area (Å²) in [4.78, 5) is 4.96. The van der Waals surface area contributed by atoms with Gasteiger partial charge in [0, 0.05) is 37.3 Å². The SMILES string of the molecule is c1ccc(-c2nc3c(n2CC2CCCC2)CCNC3)cc1. The third-order valence-corrected chi connectivity index (χ3v) is 4.93. The molecule has 2 aliphatic rings. The minimum absolute atomic E-state index is 0.848. The van der Waals surface area contributed by atoms with Crippen LogP contribution < -0.4 is 5.32 Å². The van der Waals surface area contributed by atoms with E-state index in [9.17, 15) is 0 Å². The summed E-state index contributed by atoms with van der Waals surface area (Å²) in [6.07, 6.45) is 6.70. The van der Waals surface area contributed by atoms with Crippen molar-refractivity contribution in [1.82, 2.24) is 14.9 Å². The van der Waals surface area contributed by atoms with Crippen molar-refractivity contribution in [2.75, 3.05) is 6.54 Å². The lowest BCUT2D eigenvalue weighted by Crippen LogP contribution is -2.25. The van der Waals surface area contributed by atoms with Crippen molar-refractivity contribution in [1.29, 1.82) is 0 Å². The molecule has 2 heterocycles. The molecule has 1 fully saturated rings. The van der Waals surface area contributed by atoms with Crippen molar-refractivity contribution in [2.24, 2.45) is 5.92 Å². The van der Waals surface area contributed by atoms with Crippen LogP contribution in [-0.4, -0.2) is 16.1 Å². The van der Waals surface area contributed by atoms with E-state index in [0.717, 1.165) is 32.0 Å². The van der Waals surface area contributed by atoms with Gasteiger partial charge in [-0.05, 0) is 18.8 Å². The average Bonchev–Trinajstić information content (AvgIpc) is 3.17. The molecule has 2 aromatic rings. The molecule has 1 aromatic heterocycles. The van der Waals surface area contributed by atoms with Gasteiger partial charge in [-0.25, -0.2) is 4.98 Å². The Kier molecular flexibility index (Phi) is 3.52. The number of nitrogens with zero attached hydrogens (tertiary/aromatic N) is 2. The third kappa shape index (κ3) is 2.51. The van der Waals surface area contributed by atoms with Crippen LogP contribution in [0.1, 0.15) is 37.1 Å². The van der Waals surface area contributed by atoms with Crippen molar-refractivity contribution in [3.05, 3.63) is 41.7 Å². The van der Waals surface area contributed by atoms with E-state index in [0.29, 0.717) is 0 Å². The molecule has 21 heavy (non-hydrogen) atoms. The lowest BCUT2D eigenvalue weighted by atomic mass is 10.1. The van der Waals surface area contributed by atoms with Gasteiger partial charge in [-0.2, -0.15) is 0 Å². The van der Waals surface area contributed by atoms with E-state index < -0.39 is 0 Å². The minimum atomic E-state index is 0.848. The average molecular weight is 281 g/mol. The molecule has 1 saturated carbocycles. The Morgan fingerprint density at radius 1 is 1.14 bits per heavy atom. The number of aromatic nitrogens is 2. The van der Waals surface area contributed by atoms with E-state index in [1.54, 1.807) is 0 Å². The molecule has 0 radical (unpaired) electrons. The summed E-state index contributed by atoms with van der Waals surface area (Å²) in [5.74, 6) is 2.02. The Hall–Kier alpha value is -1.61. The third-order valence-electron chi connectivity index (χ3n) is 4.93. The number of nitrogens with one attached hydrogen (secondary N) is 1. The maximum Gasteiger partial charge on any atom is 0.140 e. The molecule has 0 unspecified atom stereocenters. The normalized spacial score (nSPS) is 18.9. The van der Waals surface area contributed by atoms with Crippen LogP contribution in [0.25, 0.3) is 11.4 Å². The van der Waals surface area contributed by atoms with Gasteiger partial charge in [0.05, 0.1) is 5.69 Å². The first-order chi connectivity index (χ1) is 10.4. The Balaban J connectivity index is 1.75. The van der Waals surface area contributed by atoms with Crippen molar-refractivity contribution >= 4 is 0 Å². The highest BCUT2D eigenvalue weighted by Crippen LogP contribution is 2.31. The first kappa shape index (κ1) is 13.1. The quantitative estimate of drug-likeness (QED) is 0.934. The number of rotatable bonds is 3. The number of hydrogen-bond acceptors (Lipinski definition) is 2. The lowest BCUT2D eigenvalue weighted by molar-refractivity contribution is 0.446. The Morgan fingerprint density at radius 3 is 2.76 bits per heavy atom. The van der Waals surface area contributed by atoms with Gasteiger partial charge in [0.15, 0.2) is 0 Å². The largest absolute Gasteiger partial charge is 0.327 e. The summed E-state index contributed by atoms with van der Waals surface area (Å²) < 4.78 is 2.53. The highest BCUT2D eigenvalue weighted by atomic mass is 15.1. The maximum atomic E-state index is 4.96. The predicted molar refractivity (Wildman–Crippen MR) is 85.0 cm³/mol. The van der Waals surface area contributed by atoms with Crippen LogP contribution in [0.5, 0.6) is 0 Å². The molecule has 3 heteroatoms. The predicted octanol–water partition coefficient (Wildman–Crippen LogP) is 3.39. The molecule has 0 spiro atoms. The topological polar surface area (TPSA) is 29.9 Å². The van der Waals surface area contributed by atoms with Crippen molar-refractivity contribution in [2.45, 2.75) is 45.2 Å². The van der Waals surface area contributed by atoms with Gasteiger partial charge in [0.25, 0.3) is 0 Å². The Labute approximate surface area is 126 Å². The molecule has 1 N–H and O–H groups in total. The number of fused-ring (bicyclic) bond motifs is 1. The molecule has 3 nitrogen and oxygen atoms in total. The molecular weight excluding hydrogens is 258 g/mol. The Bertz CT molecular complexity index is 609. The summed E-state index contributed by atoms with van der Waals surface area (Å²) in [5.41, 5.74) is 3.99. The zero-order valence-corrected chi connectivity index (χ0v) is 12.5. The van der Waals surface area contributed by atoms with Crippen molar-refractivity contribution in [3.8, 4) is 11.4 Å². The molecule has 1 aliphatic carbocycles. The molecule has 4 rings (SSSR count). The fourth-order valence-corrected chi connectivity index (χ4v) is 3.83. The van der Waals surface area contributed by atoms with Gasteiger partial charge >= 0.3 is 0 Å². The van der Waals surface area contributed by atoms with E-state index in [1.807, 2.05) is 0 Å². The zero-order valence-electron chi connectivity index (χ0n) is 12.5. The number of benzene rings is 1. The molecular formula is C18H23N3. The fraction of sp³-hybridized carbons (Fsp3) is 0.500. The van der Waals surface area contributed by atoms with Crippen LogP contribution in [0.4, 0.5) is 0 Å². The summed E-state index contributed by atoms with van der Waals surface area (Å²) in [7, 11) is 0. The number of hydrogen-bond donors (Lipinski definition) is 1. The van der Waals surface area contributed by atoms with Crippen LogP contribution in [0.2, 0.25) is 0 Å². The molecule has 0 saturated heterocycles. The second-order valence-electron chi connectivity index (χ2n) is 6.38. The van der Waals surface area contributed by atoms with Gasteiger partial charge in [-0.3, -0.25) is 0 Å². The molecule has 0 atom stereocenters. The van der Waals surface area contributed by atoms with Crippen LogP contribution >= 0.6 is 0 Å². The molecule has 110 valence electrons. The molecule has 1 aliphatic heterocycles. The minimum Gasteiger partial charge on any atom is -0.327 e. The van der Waals surface area contributed by atoms with Crippen molar-refractivity contribution < 1.29 is 0 Å². The van der Waals surface area contributed by atoms with Gasteiger partial charge in [-0.15, -0.1) is 0 Å². The molecule has 1 aromatic carbocycles. The zero-order chi connectivity index (χ0) is 14.1. The van der Waals surface area contributed by atoms with E-state index in [-0.39, 0.29) is 0 Å². The molecule has 0 bridgehead atoms. The highest BCUT2D eigenvalue weighted by molar-refractivity contribution is 5.57. The number of imidazole rings is 1. The van der Waals surface area contributed by atoms with Crippen molar-refractivity contribution in [3.63, 3.8) is 0 Å². The summed E-state index contributed by atoms with van der Waals surface area (Å²) in [5, 5.41) is 3.45. The molecule has 0 amide bonds. The summed E-state index contributed by atoms with van der Waals surface area (Å²) in [6, 6.07) is 10.7. The fourth-order valence-electron chi connectivity index (χ4n) is 3.83. The van der Waals surface area contributed by atoms with Crippen LogP contribution in [0, 0.1) is 5.92 Å². The van der Waals surface area contributed by atoms with Crippen LogP contribution in [-0.2, 0) is 19.5 Å².